The van der Waals surface area contributed by atoms with Crippen molar-refractivity contribution in [3.05, 3.63) is 34.2 Å². The Morgan fingerprint density at radius 3 is 2.65 bits per heavy atom. The van der Waals surface area contributed by atoms with Crippen LogP contribution in [0.5, 0.6) is 0 Å². The molecule has 0 saturated carbocycles. The quantitative estimate of drug-likeness (QED) is 0.867. The molecule has 0 aromatic carbocycles. The zero-order valence-corrected chi connectivity index (χ0v) is 9.04. The Kier molecular flexibility index (Phi) is 3.93. The summed E-state index contributed by atoms with van der Waals surface area (Å²) in [6.07, 6.45) is -3.56. The van der Waals surface area contributed by atoms with Crippen LogP contribution in [0.1, 0.15) is 12.5 Å². The summed E-state index contributed by atoms with van der Waals surface area (Å²) in [7, 11) is 0. The van der Waals surface area contributed by atoms with Crippen LogP contribution in [0, 0.1) is 0 Å². The van der Waals surface area contributed by atoms with Crippen molar-refractivity contribution in [2.24, 2.45) is 0 Å². The van der Waals surface area contributed by atoms with E-state index in [-0.39, 0.29) is 0 Å². The Balaban J connectivity index is 3.04. The smallest absolute Gasteiger partial charge is 0.355 e. The molecule has 17 heavy (non-hydrogen) atoms. The molecule has 0 atom stereocenters. The number of hydrogen-bond donors (Lipinski definition) is 1. The first-order chi connectivity index (χ1) is 7.86. The summed E-state index contributed by atoms with van der Waals surface area (Å²) >= 11 is 0. The van der Waals surface area contributed by atoms with Gasteiger partial charge in [0.1, 0.15) is 12.1 Å². The number of carbonyl (C=O) groups is 1. The van der Waals surface area contributed by atoms with Crippen LogP contribution >= 0.6 is 0 Å². The van der Waals surface area contributed by atoms with Gasteiger partial charge in [-0.1, -0.05) is 0 Å². The molecule has 1 aromatic rings. The molecular weight excluding hydrogens is 237 g/mol. The molecule has 0 aliphatic carbocycles. The Morgan fingerprint density at radius 2 is 2.12 bits per heavy atom. The van der Waals surface area contributed by atoms with E-state index < -0.39 is 29.8 Å². The average Bonchev–Trinajstić information content (AvgIpc) is 2.19. The van der Waals surface area contributed by atoms with Crippen LogP contribution in [-0.2, 0) is 17.5 Å². The van der Waals surface area contributed by atoms with Gasteiger partial charge in [0.15, 0.2) is 0 Å². The third kappa shape index (κ3) is 3.33. The predicted molar refractivity (Wildman–Crippen MR) is 54.4 cm³/mol. The molecule has 0 spiro atoms. The minimum Gasteiger partial charge on any atom is -0.355 e. The number of carbonyl (C=O) groups excluding carboxylic acids is 1. The van der Waals surface area contributed by atoms with Gasteiger partial charge in [0.25, 0.3) is 5.56 Å². The lowest BCUT2D eigenvalue weighted by Crippen LogP contribution is -2.34. The van der Waals surface area contributed by atoms with E-state index in [2.05, 4.69) is 5.32 Å². The summed E-state index contributed by atoms with van der Waals surface area (Å²) in [5.74, 6) is -0.506. The molecule has 0 saturated heterocycles. The van der Waals surface area contributed by atoms with Gasteiger partial charge < -0.3 is 9.88 Å². The highest BCUT2D eigenvalue weighted by Crippen LogP contribution is 2.25. The highest BCUT2D eigenvalue weighted by molar-refractivity contribution is 5.75. The molecule has 94 valence electrons. The molecule has 0 unspecified atom stereocenters. The maximum Gasteiger partial charge on any atom is 0.421 e. The average molecular weight is 248 g/mol. The van der Waals surface area contributed by atoms with Gasteiger partial charge in [-0.05, 0) is 19.1 Å². The van der Waals surface area contributed by atoms with E-state index in [0.717, 1.165) is 16.8 Å². The fourth-order valence-electron chi connectivity index (χ4n) is 1.28. The maximum absolute atomic E-state index is 12.4. The molecule has 0 radical (unpaired) electrons. The molecule has 4 nitrogen and oxygen atoms in total. The summed E-state index contributed by atoms with van der Waals surface area (Å²) in [5.41, 5.74) is -2.49. The van der Waals surface area contributed by atoms with Crippen molar-refractivity contribution in [2.45, 2.75) is 19.6 Å². The van der Waals surface area contributed by atoms with E-state index >= 15 is 0 Å². The number of aromatic nitrogens is 1. The first kappa shape index (κ1) is 13.3. The lowest BCUT2D eigenvalue weighted by molar-refractivity contribution is -0.139. The van der Waals surface area contributed by atoms with Crippen LogP contribution in [0.4, 0.5) is 13.2 Å². The van der Waals surface area contributed by atoms with Crippen LogP contribution in [0.3, 0.4) is 0 Å². The molecule has 1 N–H and O–H groups in total. The zero-order valence-electron chi connectivity index (χ0n) is 9.04. The molecule has 0 bridgehead atoms. The van der Waals surface area contributed by atoms with Gasteiger partial charge in [-0.15, -0.1) is 0 Å². The molecule has 0 aliphatic heterocycles. The van der Waals surface area contributed by atoms with E-state index in [0.29, 0.717) is 12.6 Å². The monoisotopic (exact) mass is 248 g/mol. The van der Waals surface area contributed by atoms with Crippen molar-refractivity contribution in [1.82, 2.24) is 9.88 Å². The molecule has 0 fully saturated rings. The number of pyridine rings is 1. The molecule has 1 amide bonds. The lowest BCUT2D eigenvalue weighted by atomic mass is 10.2. The third-order valence-corrected chi connectivity index (χ3v) is 2.01. The number of nitrogens with zero attached hydrogens (tertiary/aromatic N) is 1. The second kappa shape index (κ2) is 5.03. The highest BCUT2D eigenvalue weighted by atomic mass is 19.4. The van der Waals surface area contributed by atoms with Crippen molar-refractivity contribution >= 4 is 5.91 Å². The number of amides is 1. The highest BCUT2D eigenvalue weighted by Gasteiger charge is 2.34. The second-order valence-corrected chi connectivity index (χ2v) is 3.31. The van der Waals surface area contributed by atoms with Gasteiger partial charge in [-0.25, -0.2) is 0 Å². The van der Waals surface area contributed by atoms with E-state index in [1.165, 1.54) is 0 Å². The zero-order chi connectivity index (χ0) is 13.1. The van der Waals surface area contributed by atoms with Gasteiger partial charge in [-0.3, -0.25) is 9.59 Å². The number of likely N-dealkylation sites (N-methyl/N-ethyl adjacent to an activating group) is 1. The van der Waals surface area contributed by atoms with Gasteiger partial charge >= 0.3 is 6.18 Å². The Bertz CT molecular complexity index is 465. The lowest BCUT2D eigenvalue weighted by Gasteiger charge is -2.09. The first-order valence-electron chi connectivity index (χ1n) is 4.89. The summed E-state index contributed by atoms with van der Waals surface area (Å²) < 4.78 is 37.9. The summed E-state index contributed by atoms with van der Waals surface area (Å²) in [6, 6.07) is 1.78. The first-order valence-corrected chi connectivity index (χ1v) is 4.89. The SMILES string of the molecule is CCNC(=O)Cn1cccc(C(F)(F)F)c1=O. The summed E-state index contributed by atoms with van der Waals surface area (Å²) in [5, 5.41) is 2.40. The molecule has 0 aliphatic rings. The van der Waals surface area contributed by atoms with E-state index in [1.807, 2.05) is 0 Å². The van der Waals surface area contributed by atoms with Gasteiger partial charge in [0.2, 0.25) is 5.91 Å². The van der Waals surface area contributed by atoms with E-state index in [9.17, 15) is 22.8 Å². The maximum atomic E-state index is 12.4. The topological polar surface area (TPSA) is 51.1 Å². The molecule has 1 heterocycles. The second-order valence-electron chi connectivity index (χ2n) is 3.31. The van der Waals surface area contributed by atoms with Crippen molar-refractivity contribution in [3.8, 4) is 0 Å². The number of hydrogen-bond acceptors (Lipinski definition) is 2. The minimum atomic E-state index is -4.71. The van der Waals surface area contributed by atoms with Crippen molar-refractivity contribution in [2.75, 3.05) is 6.54 Å². The minimum absolute atomic E-state index is 0.354. The molecule has 1 rings (SSSR count). The Hall–Kier alpha value is -1.79. The van der Waals surface area contributed by atoms with E-state index in [1.54, 1.807) is 6.92 Å². The fraction of sp³-hybridized carbons (Fsp3) is 0.400. The van der Waals surface area contributed by atoms with Gasteiger partial charge in [0, 0.05) is 12.7 Å². The van der Waals surface area contributed by atoms with Crippen LogP contribution in [0.2, 0.25) is 0 Å². The molecule has 7 heteroatoms. The number of rotatable bonds is 3. The summed E-state index contributed by atoms with van der Waals surface area (Å²) in [6.45, 7) is 1.61. The Labute approximate surface area is 95.1 Å². The van der Waals surface area contributed by atoms with Crippen LogP contribution in [0.25, 0.3) is 0 Å². The van der Waals surface area contributed by atoms with Crippen molar-refractivity contribution < 1.29 is 18.0 Å². The van der Waals surface area contributed by atoms with Crippen molar-refractivity contribution in [3.63, 3.8) is 0 Å². The van der Waals surface area contributed by atoms with Crippen LogP contribution in [-0.4, -0.2) is 17.0 Å². The number of halogens is 3. The van der Waals surface area contributed by atoms with Crippen LogP contribution in [0.15, 0.2) is 23.1 Å². The molecular formula is C10H11F3N2O2. The number of alkyl halides is 3. The van der Waals surface area contributed by atoms with Crippen LogP contribution < -0.4 is 10.9 Å². The van der Waals surface area contributed by atoms with E-state index in [4.69, 9.17) is 0 Å². The fourth-order valence-corrected chi connectivity index (χ4v) is 1.28. The predicted octanol–water partition coefficient (Wildman–Crippen LogP) is 1.00. The van der Waals surface area contributed by atoms with Gasteiger partial charge in [-0.2, -0.15) is 13.2 Å². The standard InChI is InChI=1S/C10H11F3N2O2/c1-2-14-8(16)6-15-5-3-4-7(9(15)17)10(11,12)13/h3-5H,2,6H2,1H3,(H,14,16). The van der Waals surface area contributed by atoms with Crippen molar-refractivity contribution in [1.29, 1.82) is 0 Å². The number of nitrogens with one attached hydrogen (secondary N) is 1. The largest absolute Gasteiger partial charge is 0.421 e. The third-order valence-electron chi connectivity index (χ3n) is 2.01. The van der Waals surface area contributed by atoms with Gasteiger partial charge in [0.05, 0.1) is 0 Å². The molecule has 1 aromatic heterocycles. The summed E-state index contributed by atoms with van der Waals surface area (Å²) in [4.78, 5) is 22.6. The Morgan fingerprint density at radius 1 is 1.47 bits per heavy atom. The normalized spacial score (nSPS) is 11.3.